The van der Waals surface area contributed by atoms with Gasteiger partial charge in [-0.25, -0.2) is 14.0 Å². The maximum absolute atomic E-state index is 13.2. The highest BCUT2D eigenvalue weighted by Gasteiger charge is 2.25. The molecule has 11 nitrogen and oxygen atoms in total. The van der Waals surface area contributed by atoms with E-state index in [0.29, 0.717) is 6.42 Å². The van der Waals surface area contributed by atoms with E-state index in [0.717, 1.165) is 5.56 Å². The summed E-state index contributed by atoms with van der Waals surface area (Å²) in [5.74, 6) is -0.136. The minimum atomic E-state index is -0.441. The first-order chi connectivity index (χ1) is 15.6. The molecule has 1 amide bonds. The standard InChI is InChI=1S/C22H30N8O3/c1-7-14(13-11-9-8-10-12-13)24-17-18(22(33)30(6)29(5)21(17)32)25-19-15(23)16(26-28(19)4)20(31)27(2)3/h8-12,14,24-25H,7,23H2,1-6H3/t14-/m1/s1. The lowest BCUT2D eigenvalue weighted by Crippen LogP contribution is -2.38. The Morgan fingerprint density at radius 1 is 1.06 bits per heavy atom. The number of nitrogen functional groups attached to an aromatic ring is 1. The van der Waals surface area contributed by atoms with Crippen LogP contribution < -0.4 is 27.5 Å². The molecule has 3 rings (SSSR count). The quantitative estimate of drug-likeness (QED) is 0.492. The second kappa shape index (κ2) is 9.23. The van der Waals surface area contributed by atoms with Crippen LogP contribution in [-0.2, 0) is 21.1 Å². The van der Waals surface area contributed by atoms with E-state index in [4.69, 9.17) is 5.73 Å². The summed E-state index contributed by atoms with van der Waals surface area (Å²) in [6.07, 6.45) is 0.678. The minimum absolute atomic E-state index is 0.0218. The molecule has 0 aliphatic carbocycles. The molecule has 0 unspecified atom stereocenters. The van der Waals surface area contributed by atoms with Crippen molar-refractivity contribution >= 4 is 28.8 Å². The molecule has 0 saturated heterocycles. The zero-order chi connectivity index (χ0) is 24.4. The Morgan fingerprint density at radius 2 is 1.64 bits per heavy atom. The van der Waals surface area contributed by atoms with Crippen LogP contribution in [0.3, 0.4) is 0 Å². The van der Waals surface area contributed by atoms with Crippen molar-refractivity contribution in [3.63, 3.8) is 0 Å². The van der Waals surface area contributed by atoms with E-state index in [9.17, 15) is 14.4 Å². The van der Waals surface area contributed by atoms with Crippen LogP contribution in [0.5, 0.6) is 0 Å². The number of carbonyl (C=O) groups excluding carboxylic acids is 1. The normalized spacial score (nSPS) is 11.8. The van der Waals surface area contributed by atoms with Crippen LogP contribution in [0.25, 0.3) is 0 Å². The zero-order valence-electron chi connectivity index (χ0n) is 19.7. The molecule has 2 aromatic heterocycles. The number of carbonyl (C=O) groups is 1. The van der Waals surface area contributed by atoms with Crippen LogP contribution in [0.4, 0.5) is 22.9 Å². The number of aromatic nitrogens is 4. The predicted molar refractivity (Wildman–Crippen MR) is 129 cm³/mol. The number of nitrogens with zero attached hydrogens (tertiary/aromatic N) is 5. The van der Waals surface area contributed by atoms with Gasteiger partial charge in [-0.15, -0.1) is 0 Å². The van der Waals surface area contributed by atoms with E-state index in [-0.39, 0.29) is 46.1 Å². The van der Waals surface area contributed by atoms with Crippen molar-refractivity contribution < 1.29 is 4.79 Å². The minimum Gasteiger partial charge on any atom is -0.394 e. The average Bonchev–Trinajstić information content (AvgIpc) is 3.09. The third-order valence-corrected chi connectivity index (χ3v) is 5.58. The lowest BCUT2D eigenvalue weighted by Gasteiger charge is -2.22. The van der Waals surface area contributed by atoms with Crippen LogP contribution in [0, 0.1) is 0 Å². The fraction of sp³-hybridized carbons (Fsp3) is 0.364. The van der Waals surface area contributed by atoms with E-state index in [1.54, 1.807) is 21.1 Å². The molecule has 0 fully saturated rings. The van der Waals surface area contributed by atoms with Crippen molar-refractivity contribution in [2.75, 3.05) is 30.5 Å². The molecule has 1 aromatic carbocycles. The number of anilines is 4. The highest BCUT2D eigenvalue weighted by Crippen LogP contribution is 2.29. The van der Waals surface area contributed by atoms with Crippen molar-refractivity contribution in [3.8, 4) is 0 Å². The number of rotatable bonds is 7. The molecule has 0 saturated carbocycles. The summed E-state index contributed by atoms with van der Waals surface area (Å²) in [6.45, 7) is 1.99. The third kappa shape index (κ3) is 4.34. The highest BCUT2D eigenvalue weighted by molar-refractivity contribution is 6.00. The number of benzene rings is 1. The van der Waals surface area contributed by atoms with Gasteiger partial charge < -0.3 is 21.3 Å². The van der Waals surface area contributed by atoms with Crippen LogP contribution in [0.15, 0.2) is 39.9 Å². The molecule has 0 spiro atoms. The van der Waals surface area contributed by atoms with Crippen molar-refractivity contribution in [3.05, 3.63) is 62.3 Å². The van der Waals surface area contributed by atoms with Gasteiger partial charge in [0.15, 0.2) is 11.5 Å². The van der Waals surface area contributed by atoms with Gasteiger partial charge in [0.05, 0.1) is 6.04 Å². The number of aryl methyl sites for hydroxylation is 1. The first-order valence-corrected chi connectivity index (χ1v) is 10.5. The number of hydrogen-bond acceptors (Lipinski definition) is 7. The maximum Gasteiger partial charge on any atom is 0.291 e. The topological polar surface area (TPSA) is 132 Å². The maximum atomic E-state index is 13.2. The fourth-order valence-corrected chi connectivity index (χ4v) is 3.52. The van der Waals surface area contributed by atoms with Gasteiger partial charge in [0.2, 0.25) is 0 Å². The van der Waals surface area contributed by atoms with Gasteiger partial charge in [-0.3, -0.25) is 14.4 Å². The Labute approximate surface area is 191 Å². The summed E-state index contributed by atoms with van der Waals surface area (Å²) in [4.78, 5) is 40.2. The number of nitrogens with two attached hydrogens (primary N) is 1. The summed E-state index contributed by atoms with van der Waals surface area (Å²) < 4.78 is 3.82. The van der Waals surface area contributed by atoms with Gasteiger partial charge in [-0.1, -0.05) is 37.3 Å². The van der Waals surface area contributed by atoms with Gasteiger partial charge in [-0.2, -0.15) is 5.10 Å². The van der Waals surface area contributed by atoms with Gasteiger partial charge in [0.25, 0.3) is 17.0 Å². The summed E-state index contributed by atoms with van der Waals surface area (Å²) >= 11 is 0. The molecular weight excluding hydrogens is 424 g/mol. The molecule has 0 aliphatic rings. The Bertz CT molecular complexity index is 1290. The molecule has 0 bridgehead atoms. The summed E-state index contributed by atoms with van der Waals surface area (Å²) in [7, 11) is 7.81. The molecule has 1 atom stereocenters. The lowest BCUT2D eigenvalue weighted by atomic mass is 10.0. The summed E-state index contributed by atoms with van der Waals surface area (Å²) in [6, 6.07) is 9.46. The molecule has 0 aliphatic heterocycles. The Morgan fingerprint density at radius 3 is 2.18 bits per heavy atom. The number of nitrogens with one attached hydrogen (secondary N) is 2. The van der Waals surface area contributed by atoms with Crippen LogP contribution in [0.1, 0.15) is 35.4 Å². The van der Waals surface area contributed by atoms with E-state index >= 15 is 0 Å². The molecule has 3 aromatic rings. The van der Waals surface area contributed by atoms with Crippen molar-refractivity contribution in [2.24, 2.45) is 21.1 Å². The van der Waals surface area contributed by atoms with Gasteiger partial charge in [0.1, 0.15) is 17.1 Å². The molecule has 11 heteroatoms. The highest BCUT2D eigenvalue weighted by atomic mass is 16.2. The SMILES string of the molecule is CC[C@@H](Nc1c(Nc2c(N)c(C(=O)N(C)C)nn2C)c(=O)n(C)n(C)c1=O)c1ccccc1. The first-order valence-electron chi connectivity index (χ1n) is 10.5. The zero-order valence-corrected chi connectivity index (χ0v) is 19.7. The van der Waals surface area contributed by atoms with Crippen molar-refractivity contribution in [1.82, 2.24) is 24.0 Å². The van der Waals surface area contributed by atoms with E-state index in [2.05, 4.69) is 15.7 Å². The summed E-state index contributed by atoms with van der Waals surface area (Å²) in [5, 5.41) is 10.4. The molecule has 0 radical (unpaired) electrons. The van der Waals surface area contributed by atoms with Crippen molar-refractivity contribution in [1.29, 1.82) is 0 Å². The second-order valence-electron chi connectivity index (χ2n) is 7.98. The fourth-order valence-electron chi connectivity index (χ4n) is 3.52. The van der Waals surface area contributed by atoms with E-state index < -0.39 is 5.56 Å². The third-order valence-electron chi connectivity index (χ3n) is 5.58. The molecule has 4 N–H and O–H groups in total. The number of hydrogen-bond donors (Lipinski definition) is 3. The monoisotopic (exact) mass is 454 g/mol. The lowest BCUT2D eigenvalue weighted by molar-refractivity contribution is 0.0822. The van der Waals surface area contributed by atoms with Crippen molar-refractivity contribution in [2.45, 2.75) is 19.4 Å². The Hall–Kier alpha value is -4.02. The van der Waals surface area contributed by atoms with Gasteiger partial charge >= 0.3 is 0 Å². The smallest absolute Gasteiger partial charge is 0.291 e. The Balaban J connectivity index is 2.15. The molecule has 176 valence electrons. The van der Waals surface area contributed by atoms with Crippen LogP contribution in [0.2, 0.25) is 0 Å². The summed E-state index contributed by atoms with van der Waals surface area (Å²) in [5.41, 5.74) is 6.62. The second-order valence-corrected chi connectivity index (χ2v) is 7.98. The largest absolute Gasteiger partial charge is 0.394 e. The Kier molecular flexibility index (Phi) is 6.61. The van der Waals surface area contributed by atoms with Gasteiger partial charge in [-0.05, 0) is 12.0 Å². The van der Waals surface area contributed by atoms with Crippen LogP contribution in [-0.4, -0.2) is 44.0 Å². The average molecular weight is 455 g/mol. The molecular formula is C22H30N8O3. The van der Waals surface area contributed by atoms with Gasteiger partial charge in [0, 0.05) is 35.2 Å². The number of amides is 1. The molecule has 33 heavy (non-hydrogen) atoms. The first kappa shape index (κ1) is 23.6. The predicted octanol–water partition coefficient (Wildman–Crippen LogP) is 1.41. The van der Waals surface area contributed by atoms with Crippen LogP contribution >= 0.6 is 0 Å². The van der Waals surface area contributed by atoms with E-state index in [1.165, 1.54) is 33.0 Å². The van der Waals surface area contributed by atoms with E-state index in [1.807, 2.05) is 37.3 Å². The molecule has 2 heterocycles.